The Balaban J connectivity index is 0.000000252. The average Bonchev–Trinajstić information content (AvgIpc) is 2.03. The normalized spacial score (nSPS) is 10.2. The second-order valence-electron chi connectivity index (χ2n) is 3.81. The molecule has 0 fully saturated rings. The van der Waals surface area contributed by atoms with Gasteiger partial charge >= 0.3 is 0 Å². The Bertz CT molecular complexity index is 205. The highest BCUT2D eigenvalue weighted by atomic mass is 16.3. The van der Waals surface area contributed by atoms with Gasteiger partial charge in [0.2, 0.25) is 0 Å². The molecule has 0 saturated carbocycles. The molecule has 0 amide bonds. The molecule has 0 heterocycles. The predicted octanol–water partition coefficient (Wildman–Crippen LogP) is 1.96. The average molecular weight is 182 g/mol. The van der Waals surface area contributed by atoms with Crippen molar-refractivity contribution in [3.8, 4) is 0 Å². The molecule has 0 unspecified atom stereocenters. The first-order valence-electron chi connectivity index (χ1n) is 4.30. The van der Waals surface area contributed by atoms with Gasteiger partial charge in [-0.15, -0.1) is 0 Å². The highest BCUT2D eigenvalue weighted by Crippen LogP contribution is 1.95. The Morgan fingerprint density at radius 3 is 1.69 bits per heavy atom. The highest BCUT2D eigenvalue weighted by Gasteiger charge is 1.97. The van der Waals surface area contributed by atoms with E-state index in [0.717, 1.165) is 5.56 Å². The summed E-state index contributed by atoms with van der Waals surface area (Å²) < 4.78 is 0. The van der Waals surface area contributed by atoms with Gasteiger partial charge in [0.15, 0.2) is 0 Å². The fourth-order valence-corrected chi connectivity index (χ4v) is 0.583. The van der Waals surface area contributed by atoms with Crippen molar-refractivity contribution in [2.75, 3.05) is 0 Å². The number of aliphatic hydroxyl groups is 2. The minimum absolute atomic E-state index is 0.140. The molecule has 0 bridgehead atoms. The van der Waals surface area contributed by atoms with Gasteiger partial charge in [0.1, 0.15) is 0 Å². The van der Waals surface area contributed by atoms with Gasteiger partial charge in [0, 0.05) is 0 Å². The van der Waals surface area contributed by atoms with Crippen molar-refractivity contribution >= 4 is 0 Å². The minimum atomic E-state index is -0.500. The van der Waals surface area contributed by atoms with Crippen molar-refractivity contribution in [3.05, 3.63) is 35.9 Å². The molecule has 2 heteroatoms. The first kappa shape index (κ1) is 12.1. The van der Waals surface area contributed by atoms with Gasteiger partial charge in [0.05, 0.1) is 12.2 Å². The summed E-state index contributed by atoms with van der Waals surface area (Å²) in [6.45, 7) is 5.37. The Kier molecular flexibility index (Phi) is 5.35. The third kappa shape index (κ3) is 11.1. The van der Waals surface area contributed by atoms with Crippen molar-refractivity contribution in [2.24, 2.45) is 0 Å². The van der Waals surface area contributed by atoms with E-state index in [1.54, 1.807) is 20.8 Å². The predicted molar refractivity (Wildman–Crippen MR) is 54.3 cm³/mol. The van der Waals surface area contributed by atoms with Crippen molar-refractivity contribution in [3.63, 3.8) is 0 Å². The maximum atomic E-state index is 8.54. The monoisotopic (exact) mass is 182 g/mol. The van der Waals surface area contributed by atoms with Gasteiger partial charge in [-0.2, -0.15) is 0 Å². The fraction of sp³-hybridized carbons (Fsp3) is 0.455. The number of benzene rings is 1. The van der Waals surface area contributed by atoms with Crippen molar-refractivity contribution in [1.29, 1.82) is 0 Å². The van der Waals surface area contributed by atoms with Crippen LogP contribution in [0.5, 0.6) is 0 Å². The standard InChI is InChI=1S/C7H8O.C4H10O/c8-6-7-4-2-1-3-5-7;1-4(2,3)5/h1-5,8H,6H2;5H,1-3H3. The van der Waals surface area contributed by atoms with Crippen LogP contribution < -0.4 is 0 Å². The molecule has 2 N–H and O–H groups in total. The zero-order valence-corrected chi connectivity index (χ0v) is 8.49. The van der Waals surface area contributed by atoms with E-state index in [0.29, 0.717) is 0 Å². The van der Waals surface area contributed by atoms with Crippen molar-refractivity contribution in [1.82, 2.24) is 0 Å². The Morgan fingerprint density at radius 1 is 1.08 bits per heavy atom. The smallest absolute Gasteiger partial charge is 0.0681 e. The summed E-state index contributed by atoms with van der Waals surface area (Å²) in [7, 11) is 0. The van der Waals surface area contributed by atoms with Gasteiger partial charge in [-0.05, 0) is 26.3 Å². The molecule has 0 aliphatic heterocycles. The Hall–Kier alpha value is -0.860. The molecule has 0 atom stereocenters. The summed E-state index contributed by atoms with van der Waals surface area (Å²) in [5.74, 6) is 0. The van der Waals surface area contributed by atoms with E-state index in [9.17, 15) is 0 Å². The molecule has 0 aromatic heterocycles. The van der Waals surface area contributed by atoms with Crippen LogP contribution in [0.25, 0.3) is 0 Å². The van der Waals surface area contributed by atoms with Gasteiger partial charge in [0.25, 0.3) is 0 Å². The van der Waals surface area contributed by atoms with Gasteiger partial charge in [-0.3, -0.25) is 0 Å². The third-order valence-electron chi connectivity index (χ3n) is 1.03. The Morgan fingerprint density at radius 2 is 1.46 bits per heavy atom. The highest BCUT2D eigenvalue weighted by molar-refractivity contribution is 5.12. The summed E-state index contributed by atoms with van der Waals surface area (Å²) in [5.41, 5.74) is 0.465. The zero-order chi connectivity index (χ0) is 10.3. The quantitative estimate of drug-likeness (QED) is 0.697. The molecule has 13 heavy (non-hydrogen) atoms. The molecule has 0 saturated heterocycles. The summed E-state index contributed by atoms with van der Waals surface area (Å²) in [5, 5.41) is 17.1. The van der Waals surface area contributed by atoms with Gasteiger partial charge < -0.3 is 10.2 Å². The molecule has 0 spiro atoms. The van der Waals surface area contributed by atoms with Crippen LogP contribution in [0.3, 0.4) is 0 Å². The van der Waals surface area contributed by atoms with Crippen LogP contribution >= 0.6 is 0 Å². The lowest BCUT2D eigenvalue weighted by molar-refractivity contribution is 0.102. The van der Waals surface area contributed by atoms with E-state index < -0.39 is 5.60 Å². The molecule has 1 aromatic carbocycles. The van der Waals surface area contributed by atoms with Crippen LogP contribution in [-0.4, -0.2) is 15.8 Å². The summed E-state index contributed by atoms with van der Waals surface area (Å²) in [6, 6.07) is 9.52. The summed E-state index contributed by atoms with van der Waals surface area (Å²) in [4.78, 5) is 0. The number of hydrogen-bond donors (Lipinski definition) is 2. The SMILES string of the molecule is CC(C)(C)O.OCc1ccccc1. The van der Waals surface area contributed by atoms with E-state index >= 15 is 0 Å². The minimum Gasteiger partial charge on any atom is -0.392 e. The first-order chi connectivity index (χ1) is 5.93. The van der Waals surface area contributed by atoms with E-state index in [2.05, 4.69) is 0 Å². The number of rotatable bonds is 1. The van der Waals surface area contributed by atoms with Gasteiger partial charge in [-0.25, -0.2) is 0 Å². The molecule has 74 valence electrons. The molecule has 0 aliphatic carbocycles. The maximum Gasteiger partial charge on any atom is 0.0681 e. The van der Waals surface area contributed by atoms with Crippen LogP contribution in [0.15, 0.2) is 30.3 Å². The van der Waals surface area contributed by atoms with E-state index in [1.165, 1.54) is 0 Å². The van der Waals surface area contributed by atoms with Gasteiger partial charge in [-0.1, -0.05) is 30.3 Å². The lowest BCUT2D eigenvalue weighted by atomic mass is 10.2. The largest absolute Gasteiger partial charge is 0.392 e. The molecule has 0 aliphatic rings. The van der Waals surface area contributed by atoms with E-state index in [-0.39, 0.29) is 6.61 Å². The molecular weight excluding hydrogens is 164 g/mol. The zero-order valence-electron chi connectivity index (χ0n) is 8.49. The van der Waals surface area contributed by atoms with Crippen LogP contribution in [0.4, 0.5) is 0 Å². The second-order valence-corrected chi connectivity index (χ2v) is 3.81. The first-order valence-corrected chi connectivity index (χ1v) is 4.30. The molecule has 1 rings (SSSR count). The van der Waals surface area contributed by atoms with E-state index in [4.69, 9.17) is 10.2 Å². The molecule has 2 nitrogen and oxygen atoms in total. The topological polar surface area (TPSA) is 40.5 Å². The molecular formula is C11H18O2. The molecule has 1 aromatic rings. The Labute approximate surface area is 79.9 Å². The van der Waals surface area contributed by atoms with Crippen LogP contribution in [0.2, 0.25) is 0 Å². The second kappa shape index (κ2) is 5.73. The molecule has 0 radical (unpaired) electrons. The van der Waals surface area contributed by atoms with Crippen molar-refractivity contribution < 1.29 is 10.2 Å². The maximum absolute atomic E-state index is 8.54. The number of aliphatic hydroxyl groups excluding tert-OH is 1. The lowest BCUT2D eigenvalue weighted by Crippen LogP contribution is -2.10. The van der Waals surface area contributed by atoms with Crippen LogP contribution in [-0.2, 0) is 6.61 Å². The summed E-state index contributed by atoms with van der Waals surface area (Å²) in [6.07, 6.45) is 0. The van der Waals surface area contributed by atoms with Crippen LogP contribution in [0, 0.1) is 0 Å². The third-order valence-corrected chi connectivity index (χ3v) is 1.03. The van der Waals surface area contributed by atoms with E-state index in [1.807, 2.05) is 30.3 Å². The number of hydrogen-bond acceptors (Lipinski definition) is 2. The fourth-order valence-electron chi connectivity index (χ4n) is 0.583. The lowest BCUT2D eigenvalue weighted by Gasteiger charge is -2.04. The van der Waals surface area contributed by atoms with Crippen LogP contribution in [0.1, 0.15) is 26.3 Å². The summed E-state index contributed by atoms with van der Waals surface area (Å²) >= 11 is 0. The van der Waals surface area contributed by atoms with Crippen molar-refractivity contribution in [2.45, 2.75) is 33.0 Å².